The molecule has 2 heterocycles. The van der Waals surface area contributed by atoms with E-state index in [4.69, 9.17) is 0 Å². The van der Waals surface area contributed by atoms with Gasteiger partial charge in [0.25, 0.3) is 0 Å². The van der Waals surface area contributed by atoms with Gasteiger partial charge in [-0.1, -0.05) is 12.8 Å². The topological polar surface area (TPSA) is 64.0 Å². The zero-order chi connectivity index (χ0) is 14.8. The molecule has 1 saturated carbocycles. The molecular weight excluding hydrogens is 268 g/mol. The number of carboxylic acid groups (broad SMARTS) is 1. The summed E-state index contributed by atoms with van der Waals surface area (Å²) in [6, 6.07) is -0.000550. The maximum absolute atomic E-state index is 11.5. The van der Waals surface area contributed by atoms with Gasteiger partial charge in [0.1, 0.15) is 6.04 Å². The van der Waals surface area contributed by atoms with E-state index in [1.54, 1.807) is 0 Å². The normalized spacial score (nSPS) is 35.8. The summed E-state index contributed by atoms with van der Waals surface area (Å²) in [4.78, 5) is 16.0. The third-order valence-corrected chi connectivity index (χ3v) is 5.60. The van der Waals surface area contributed by atoms with Gasteiger partial charge < -0.3 is 15.1 Å². The van der Waals surface area contributed by atoms with Gasteiger partial charge in [-0.25, -0.2) is 0 Å². The largest absolute Gasteiger partial charge is 0.480 e. The van der Waals surface area contributed by atoms with Crippen LogP contribution in [0.1, 0.15) is 44.9 Å². The molecule has 2 aliphatic heterocycles. The Hall–Kier alpha value is -0.650. The number of hydrogen-bond donors (Lipinski definition) is 2. The molecule has 3 aliphatic rings. The molecule has 5 heteroatoms. The number of aliphatic hydroxyl groups is 1. The van der Waals surface area contributed by atoms with Gasteiger partial charge in [0.15, 0.2) is 0 Å². The first-order valence-electron chi connectivity index (χ1n) is 8.54. The number of rotatable bonds is 5. The number of hydrogen-bond acceptors (Lipinski definition) is 4. The van der Waals surface area contributed by atoms with Crippen LogP contribution in [0.2, 0.25) is 0 Å². The molecule has 0 amide bonds. The van der Waals surface area contributed by atoms with Gasteiger partial charge in [0.2, 0.25) is 0 Å². The summed E-state index contributed by atoms with van der Waals surface area (Å²) in [6.45, 7) is 3.37. The molecule has 0 radical (unpaired) electrons. The Morgan fingerprint density at radius 1 is 1.10 bits per heavy atom. The second-order valence-electron chi connectivity index (χ2n) is 7.06. The van der Waals surface area contributed by atoms with Crippen molar-refractivity contribution in [2.75, 3.05) is 26.2 Å². The Kier molecular flexibility index (Phi) is 4.82. The average Bonchev–Trinajstić information content (AvgIpc) is 3.07. The van der Waals surface area contributed by atoms with Crippen LogP contribution in [-0.4, -0.2) is 70.3 Å². The highest BCUT2D eigenvalue weighted by Crippen LogP contribution is 2.39. The van der Waals surface area contributed by atoms with Gasteiger partial charge in [-0.15, -0.1) is 0 Å². The van der Waals surface area contributed by atoms with Crippen molar-refractivity contribution in [1.82, 2.24) is 9.80 Å². The van der Waals surface area contributed by atoms with Gasteiger partial charge in [-0.05, 0) is 51.1 Å². The number of likely N-dealkylation sites (tertiary alicyclic amines) is 2. The first kappa shape index (κ1) is 15.3. The Balaban J connectivity index is 1.61. The van der Waals surface area contributed by atoms with Crippen LogP contribution >= 0.6 is 0 Å². The van der Waals surface area contributed by atoms with Crippen molar-refractivity contribution in [3.63, 3.8) is 0 Å². The van der Waals surface area contributed by atoms with Gasteiger partial charge in [0, 0.05) is 19.1 Å². The molecule has 3 rings (SSSR count). The maximum atomic E-state index is 11.5. The fraction of sp³-hybridized carbons (Fsp3) is 0.938. The fourth-order valence-electron chi connectivity index (χ4n) is 4.62. The minimum atomic E-state index is -0.710. The summed E-state index contributed by atoms with van der Waals surface area (Å²) in [5, 5.41) is 19.9. The summed E-state index contributed by atoms with van der Waals surface area (Å²) >= 11 is 0. The SMILES string of the molecule is O=C(O)C1CC2CCCCC2N1CC(O)CN1CCCC1. The third kappa shape index (κ3) is 3.41. The van der Waals surface area contributed by atoms with Crippen molar-refractivity contribution in [3.05, 3.63) is 0 Å². The molecule has 0 spiro atoms. The molecular formula is C16H28N2O3. The van der Waals surface area contributed by atoms with Crippen molar-refractivity contribution in [2.45, 2.75) is 63.1 Å². The molecule has 0 aromatic rings. The van der Waals surface area contributed by atoms with Crippen LogP contribution in [-0.2, 0) is 4.79 Å². The van der Waals surface area contributed by atoms with E-state index >= 15 is 0 Å². The Labute approximate surface area is 126 Å². The lowest BCUT2D eigenvalue weighted by Gasteiger charge is -2.34. The van der Waals surface area contributed by atoms with E-state index in [2.05, 4.69) is 9.80 Å². The van der Waals surface area contributed by atoms with E-state index in [9.17, 15) is 15.0 Å². The zero-order valence-corrected chi connectivity index (χ0v) is 12.8. The van der Waals surface area contributed by atoms with Gasteiger partial charge >= 0.3 is 5.97 Å². The lowest BCUT2D eigenvalue weighted by Crippen LogP contribution is -2.48. The number of β-amino-alcohol motifs (C(OH)–C–C–N with tert-alkyl or cyclic N) is 1. The van der Waals surface area contributed by atoms with Crippen molar-refractivity contribution < 1.29 is 15.0 Å². The van der Waals surface area contributed by atoms with Crippen LogP contribution in [0.25, 0.3) is 0 Å². The summed E-state index contributed by atoms with van der Waals surface area (Å²) in [5.41, 5.74) is 0. The smallest absolute Gasteiger partial charge is 0.320 e. The Morgan fingerprint density at radius 3 is 2.52 bits per heavy atom. The summed E-state index contributed by atoms with van der Waals surface area (Å²) in [5.74, 6) is -0.184. The van der Waals surface area contributed by atoms with Crippen molar-refractivity contribution in [3.8, 4) is 0 Å². The van der Waals surface area contributed by atoms with E-state index in [0.29, 0.717) is 25.0 Å². The lowest BCUT2D eigenvalue weighted by molar-refractivity contribution is -0.143. The number of carbonyl (C=O) groups is 1. The standard InChI is InChI=1S/C16H28N2O3/c19-13(10-17-7-3-4-8-17)11-18-14-6-2-1-5-12(14)9-15(18)16(20)21/h12-15,19H,1-11H2,(H,20,21). The van der Waals surface area contributed by atoms with Crippen molar-refractivity contribution in [2.24, 2.45) is 5.92 Å². The second-order valence-corrected chi connectivity index (χ2v) is 7.06. The molecule has 21 heavy (non-hydrogen) atoms. The molecule has 3 fully saturated rings. The minimum absolute atomic E-state index is 0.382. The van der Waals surface area contributed by atoms with Gasteiger partial charge in [0.05, 0.1) is 6.10 Å². The van der Waals surface area contributed by atoms with Crippen LogP contribution in [0.3, 0.4) is 0 Å². The van der Waals surface area contributed by atoms with Crippen LogP contribution in [0.4, 0.5) is 0 Å². The Bertz CT molecular complexity index is 371. The molecule has 0 aromatic heterocycles. The maximum Gasteiger partial charge on any atom is 0.320 e. The summed E-state index contributed by atoms with van der Waals surface area (Å²) in [7, 11) is 0. The molecule has 120 valence electrons. The predicted octanol–water partition coefficient (Wildman–Crippen LogP) is 1.16. The molecule has 0 bridgehead atoms. The molecule has 1 aliphatic carbocycles. The monoisotopic (exact) mass is 296 g/mol. The van der Waals surface area contributed by atoms with Crippen LogP contribution in [0, 0.1) is 5.92 Å². The Morgan fingerprint density at radius 2 is 1.81 bits per heavy atom. The highest BCUT2D eigenvalue weighted by Gasteiger charge is 2.45. The van der Waals surface area contributed by atoms with E-state index in [-0.39, 0.29) is 6.04 Å². The lowest BCUT2D eigenvalue weighted by atomic mass is 9.84. The first-order chi connectivity index (χ1) is 10.1. The van der Waals surface area contributed by atoms with E-state index in [0.717, 1.165) is 32.4 Å². The van der Waals surface area contributed by atoms with E-state index in [1.165, 1.54) is 25.7 Å². The minimum Gasteiger partial charge on any atom is -0.480 e. The number of aliphatic carboxylic acids is 1. The molecule has 4 unspecified atom stereocenters. The van der Waals surface area contributed by atoms with Crippen LogP contribution in [0.5, 0.6) is 0 Å². The number of fused-ring (bicyclic) bond motifs is 1. The molecule has 4 atom stereocenters. The predicted molar refractivity (Wildman–Crippen MR) is 80.2 cm³/mol. The first-order valence-corrected chi connectivity index (χ1v) is 8.54. The summed E-state index contributed by atoms with van der Waals surface area (Å²) in [6.07, 6.45) is 7.49. The van der Waals surface area contributed by atoms with E-state index < -0.39 is 12.1 Å². The van der Waals surface area contributed by atoms with Crippen LogP contribution in [0.15, 0.2) is 0 Å². The number of aliphatic hydroxyl groups excluding tert-OH is 1. The number of carboxylic acids is 1. The summed E-state index contributed by atoms with van der Waals surface area (Å²) < 4.78 is 0. The number of nitrogens with zero attached hydrogens (tertiary/aromatic N) is 2. The average molecular weight is 296 g/mol. The molecule has 5 nitrogen and oxygen atoms in total. The van der Waals surface area contributed by atoms with Crippen molar-refractivity contribution in [1.29, 1.82) is 0 Å². The van der Waals surface area contributed by atoms with Gasteiger partial charge in [-0.3, -0.25) is 9.69 Å². The second kappa shape index (κ2) is 6.63. The fourth-order valence-corrected chi connectivity index (χ4v) is 4.62. The molecule has 2 saturated heterocycles. The highest BCUT2D eigenvalue weighted by atomic mass is 16.4. The van der Waals surface area contributed by atoms with Gasteiger partial charge in [-0.2, -0.15) is 0 Å². The molecule has 2 N–H and O–H groups in total. The zero-order valence-electron chi connectivity index (χ0n) is 12.8. The highest BCUT2D eigenvalue weighted by molar-refractivity contribution is 5.74. The van der Waals surface area contributed by atoms with Crippen molar-refractivity contribution >= 4 is 5.97 Å². The quantitative estimate of drug-likeness (QED) is 0.797. The molecule has 0 aromatic carbocycles. The van der Waals surface area contributed by atoms with Crippen LogP contribution < -0.4 is 0 Å². The van der Waals surface area contributed by atoms with E-state index in [1.807, 2.05) is 0 Å². The third-order valence-electron chi connectivity index (χ3n) is 5.60.